The average Bonchev–Trinajstić information content (AvgIpc) is 2.45. The van der Waals surface area contributed by atoms with Crippen LogP contribution >= 0.6 is 0 Å². The Morgan fingerprint density at radius 2 is 2.00 bits per heavy atom. The summed E-state index contributed by atoms with van der Waals surface area (Å²) in [5.74, 6) is -1.21. The van der Waals surface area contributed by atoms with Crippen molar-refractivity contribution in [3.05, 3.63) is 21.6 Å². The van der Waals surface area contributed by atoms with Crippen LogP contribution in [0.15, 0.2) is 4.79 Å². The zero-order valence-corrected chi connectivity index (χ0v) is 8.00. The van der Waals surface area contributed by atoms with Crippen LogP contribution in [-0.4, -0.2) is 21.3 Å². The second kappa shape index (κ2) is 3.67. The van der Waals surface area contributed by atoms with Gasteiger partial charge in [0, 0.05) is 6.04 Å². The molecule has 1 rings (SSSR count). The van der Waals surface area contributed by atoms with E-state index >= 15 is 0 Å². The van der Waals surface area contributed by atoms with Crippen molar-refractivity contribution >= 4 is 5.97 Å². The first kappa shape index (κ1) is 10.5. The molecule has 78 valence electrons. The number of hydrogen-bond donors (Lipinski definition) is 4. The molecular weight excluding hydrogens is 186 g/mol. The number of rotatable bonds is 3. The number of aromatic carboxylic acids is 1. The minimum absolute atomic E-state index is 0.0551. The molecule has 0 aliphatic carbocycles. The summed E-state index contributed by atoms with van der Waals surface area (Å²) in [6.45, 7) is 3.70. The van der Waals surface area contributed by atoms with Gasteiger partial charge in [-0.2, -0.15) is 0 Å². The van der Waals surface area contributed by atoms with Crippen molar-refractivity contribution in [1.29, 1.82) is 0 Å². The molecule has 0 aliphatic heterocycles. The Hall–Kier alpha value is -1.56. The van der Waals surface area contributed by atoms with E-state index in [0.29, 0.717) is 0 Å². The lowest BCUT2D eigenvalue weighted by atomic mass is 9.99. The van der Waals surface area contributed by atoms with Crippen molar-refractivity contribution in [2.24, 2.45) is 11.7 Å². The summed E-state index contributed by atoms with van der Waals surface area (Å²) in [7, 11) is 0. The average molecular weight is 199 g/mol. The van der Waals surface area contributed by atoms with Gasteiger partial charge in [0.1, 0.15) is 5.56 Å². The van der Waals surface area contributed by atoms with E-state index in [9.17, 15) is 9.59 Å². The van der Waals surface area contributed by atoms with Gasteiger partial charge in [-0.25, -0.2) is 4.79 Å². The van der Waals surface area contributed by atoms with E-state index in [-0.39, 0.29) is 17.2 Å². The zero-order chi connectivity index (χ0) is 10.9. The van der Waals surface area contributed by atoms with Crippen LogP contribution in [0.5, 0.6) is 0 Å². The molecule has 0 bridgehead atoms. The third-order valence-electron chi connectivity index (χ3n) is 2.07. The molecule has 0 aliphatic rings. The summed E-state index contributed by atoms with van der Waals surface area (Å²) in [5, 5.41) is 13.5. The molecule has 14 heavy (non-hydrogen) atoms. The number of nitrogens with one attached hydrogen (secondary N) is 2. The van der Waals surface area contributed by atoms with Gasteiger partial charge in [0.2, 0.25) is 0 Å². The Kier molecular flexibility index (Phi) is 2.76. The Labute approximate surface area is 80.1 Å². The normalized spacial score (nSPS) is 13.1. The number of carboxylic acid groups (broad SMARTS) is 1. The number of H-pyrrole nitrogens is 2. The molecule has 1 heterocycles. The molecule has 0 saturated heterocycles. The maximum Gasteiger partial charge on any atom is 0.343 e. The summed E-state index contributed by atoms with van der Waals surface area (Å²) in [5.41, 5.74) is 5.03. The van der Waals surface area contributed by atoms with Crippen LogP contribution < -0.4 is 11.3 Å². The van der Waals surface area contributed by atoms with E-state index in [4.69, 9.17) is 10.8 Å². The summed E-state index contributed by atoms with van der Waals surface area (Å²) in [4.78, 5) is 21.8. The first-order valence-electron chi connectivity index (χ1n) is 4.24. The molecule has 0 amide bonds. The van der Waals surface area contributed by atoms with Crippen LogP contribution in [0.4, 0.5) is 0 Å². The van der Waals surface area contributed by atoms with Crippen molar-refractivity contribution in [3.63, 3.8) is 0 Å². The molecule has 0 radical (unpaired) electrons. The van der Waals surface area contributed by atoms with E-state index < -0.39 is 17.6 Å². The molecule has 6 heteroatoms. The van der Waals surface area contributed by atoms with Gasteiger partial charge in [-0.3, -0.25) is 15.0 Å². The zero-order valence-electron chi connectivity index (χ0n) is 8.00. The molecule has 5 N–H and O–H groups in total. The molecule has 0 spiro atoms. The lowest BCUT2D eigenvalue weighted by molar-refractivity contribution is 0.0693. The maximum absolute atomic E-state index is 11.1. The van der Waals surface area contributed by atoms with E-state index in [2.05, 4.69) is 10.2 Å². The van der Waals surface area contributed by atoms with Gasteiger partial charge in [-0.1, -0.05) is 13.8 Å². The molecule has 0 aromatic carbocycles. The smallest absolute Gasteiger partial charge is 0.343 e. The van der Waals surface area contributed by atoms with Crippen molar-refractivity contribution in [1.82, 2.24) is 10.2 Å². The quantitative estimate of drug-likeness (QED) is 0.551. The molecule has 0 fully saturated rings. The van der Waals surface area contributed by atoms with E-state index in [1.807, 2.05) is 13.8 Å². The Morgan fingerprint density at radius 1 is 1.43 bits per heavy atom. The monoisotopic (exact) mass is 199 g/mol. The number of carboxylic acids is 1. The van der Waals surface area contributed by atoms with E-state index in [1.54, 1.807) is 0 Å². The Bertz CT molecular complexity index is 391. The van der Waals surface area contributed by atoms with Gasteiger partial charge in [-0.15, -0.1) is 0 Å². The predicted molar refractivity (Wildman–Crippen MR) is 50.1 cm³/mol. The lowest BCUT2D eigenvalue weighted by Gasteiger charge is -2.13. The third kappa shape index (κ3) is 1.69. The molecule has 6 nitrogen and oxygen atoms in total. The molecule has 1 aromatic heterocycles. The predicted octanol–water partition coefficient (Wildman–Crippen LogP) is 0.0570. The van der Waals surface area contributed by atoms with Crippen LogP contribution in [0.25, 0.3) is 0 Å². The summed E-state index contributed by atoms with van der Waals surface area (Å²) < 4.78 is 0. The summed E-state index contributed by atoms with van der Waals surface area (Å²) >= 11 is 0. The number of aromatic nitrogens is 2. The highest BCUT2D eigenvalue weighted by atomic mass is 16.4. The minimum atomic E-state index is -1.27. The van der Waals surface area contributed by atoms with Crippen molar-refractivity contribution < 1.29 is 9.90 Å². The molecular formula is C8H13N3O3. The van der Waals surface area contributed by atoms with Gasteiger partial charge in [0.05, 0.1) is 5.69 Å². The standard InChI is InChI=1S/C8H13N3O3/c1-3(2)5(9)6-4(8(13)14)7(12)11-10-6/h3,5H,9H2,1-2H3,(H,13,14)(H2,10,11,12)/t5-/m0/s1. The van der Waals surface area contributed by atoms with Crippen molar-refractivity contribution in [3.8, 4) is 0 Å². The minimum Gasteiger partial charge on any atom is -0.477 e. The van der Waals surface area contributed by atoms with E-state index in [1.165, 1.54) is 0 Å². The van der Waals surface area contributed by atoms with Crippen LogP contribution in [-0.2, 0) is 0 Å². The summed E-state index contributed by atoms with van der Waals surface area (Å²) in [6, 6.07) is -0.486. The number of aromatic amines is 2. The SMILES string of the molecule is CC(C)[C@H](N)c1[nH][nH]c(=O)c1C(=O)O. The van der Waals surface area contributed by atoms with E-state index in [0.717, 1.165) is 0 Å². The fourth-order valence-corrected chi connectivity index (χ4v) is 1.17. The molecule has 0 unspecified atom stereocenters. The Morgan fingerprint density at radius 3 is 2.43 bits per heavy atom. The third-order valence-corrected chi connectivity index (χ3v) is 2.07. The van der Waals surface area contributed by atoms with Crippen LogP contribution in [0.1, 0.15) is 35.9 Å². The Balaban J connectivity index is 3.22. The summed E-state index contributed by atoms with van der Waals surface area (Å²) in [6.07, 6.45) is 0. The highest BCUT2D eigenvalue weighted by Crippen LogP contribution is 2.17. The van der Waals surface area contributed by atoms with Gasteiger partial charge < -0.3 is 10.8 Å². The van der Waals surface area contributed by atoms with Crippen LogP contribution in [0.2, 0.25) is 0 Å². The second-order valence-corrected chi connectivity index (χ2v) is 3.44. The van der Waals surface area contributed by atoms with Gasteiger partial charge in [0.15, 0.2) is 0 Å². The number of nitrogens with two attached hydrogens (primary N) is 1. The first-order valence-corrected chi connectivity index (χ1v) is 4.24. The largest absolute Gasteiger partial charge is 0.477 e. The molecule has 1 atom stereocenters. The fourth-order valence-electron chi connectivity index (χ4n) is 1.17. The maximum atomic E-state index is 11.1. The fraction of sp³-hybridized carbons (Fsp3) is 0.500. The van der Waals surface area contributed by atoms with Gasteiger partial charge in [0.25, 0.3) is 5.56 Å². The highest BCUT2D eigenvalue weighted by molar-refractivity contribution is 5.88. The van der Waals surface area contributed by atoms with Crippen molar-refractivity contribution in [2.75, 3.05) is 0 Å². The topological polar surface area (TPSA) is 112 Å². The second-order valence-electron chi connectivity index (χ2n) is 3.44. The van der Waals surface area contributed by atoms with Crippen LogP contribution in [0, 0.1) is 5.92 Å². The van der Waals surface area contributed by atoms with Gasteiger partial charge >= 0.3 is 5.97 Å². The molecule has 0 saturated carbocycles. The lowest BCUT2D eigenvalue weighted by Crippen LogP contribution is -2.22. The molecule has 1 aromatic rings. The van der Waals surface area contributed by atoms with Crippen LogP contribution in [0.3, 0.4) is 0 Å². The number of hydrogen-bond acceptors (Lipinski definition) is 3. The van der Waals surface area contributed by atoms with Gasteiger partial charge in [-0.05, 0) is 5.92 Å². The highest BCUT2D eigenvalue weighted by Gasteiger charge is 2.23. The first-order chi connectivity index (χ1) is 6.45. The number of carbonyl (C=O) groups is 1. The van der Waals surface area contributed by atoms with Crippen molar-refractivity contribution in [2.45, 2.75) is 19.9 Å².